The second kappa shape index (κ2) is 5.04. The number of nitrogens with two attached hydrogens (primary N) is 1. The van der Waals surface area contributed by atoms with Crippen LogP contribution in [0.3, 0.4) is 0 Å². The van der Waals surface area contributed by atoms with E-state index >= 15 is 0 Å². The van der Waals surface area contributed by atoms with Crippen LogP contribution in [0.15, 0.2) is 29.2 Å². The van der Waals surface area contributed by atoms with Gasteiger partial charge < -0.3 is 10.7 Å². The minimum Gasteiger partial charge on any atom is -0.353 e. The van der Waals surface area contributed by atoms with Crippen LogP contribution in [-0.2, 0) is 14.8 Å². The van der Waals surface area contributed by atoms with E-state index in [0.29, 0.717) is 12.2 Å². The van der Waals surface area contributed by atoms with Crippen LogP contribution in [0, 0.1) is 0 Å². The van der Waals surface area contributed by atoms with Gasteiger partial charge in [0.05, 0.1) is 5.69 Å². The fraction of sp³-hybridized carbons (Fsp3) is 0.417. The second-order valence-corrected chi connectivity index (χ2v) is 6.86. The maximum Gasteiger partial charge on any atom is 0.246 e. The van der Waals surface area contributed by atoms with Crippen LogP contribution in [0.5, 0.6) is 0 Å². The number of nitrogens with one attached hydrogen (secondary N) is 2. The molecule has 1 aromatic carbocycles. The first-order valence-corrected chi connectivity index (χ1v) is 7.62. The SMILES string of the molecule is CC1(C)C(=O)NCCN1S(=O)(=O)c1ccccc1NN. The third-order valence-electron chi connectivity index (χ3n) is 3.39. The van der Waals surface area contributed by atoms with E-state index in [2.05, 4.69) is 10.7 Å². The molecule has 1 saturated heterocycles. The van der Waals surface area contributed by atoms with E-state index < -0.39 is 15.6 Å². The van der Waals surface area contributed by atoms with Gasteiger partial charge in [0.25, 0.3) is 0 Å². The van der Waals surface area contributed by atoms with Gasteiger partial charge in [-0.1, -0.05) is 12.1 Å². The zero-order valence-corrected chi connectivity index (χ0v) is 12.2. The minimum atomic E-state index is -3.82. The first-order chi connectivity index (χ1) is 9.31. The molecule has 0 bridgehead atoms. The van der Waals surface area contributed by atoms with E-state index in [0.717, 1.165) is 0 Å². The van der Waals surface area contributed by atoms with Crippen LogP contribution in [0.2, 0.25) is 0 Å². The van der Waals surface area contributed by atoms with Crippen LogP contribution in [0.25, 0.3) is 0 Å². The number of nitrogens with zero attached hydrogens (tertiary/aromatic N) is 1. The van der Waals surface area contributed by atoms with E-state index in [-0.39, 0.29) is 17.3 Å². The number of para-hydroxylation sites is 1. The van der Waals surface area contributed by atoms with Crippen LogP contribution >= 0.6 is 0 Å². The number of carbonyl (C=O) groups is 1. The molecule has 0 unspecified atom stereocenters. The Hall–Kier alpha value is -1.64. The molecule has 1 aromatic rings. The molecule has 20 heavy (non-hydrogen) atoms. The lowest BCUT2D eigenvalue weighted by molar-refractivity contribution is -0.131. The Kier molecular flexibility index (Phi) is 3.72. The fourth-order valence-corrected chi connectivity index (χ4v) is 4.14. The molecule has 0 spiro atoms. The van der Waals surface area contributed by atoms with Crippen molar-refractivity contribution >= 4 is 21.6 Å². The highest BCUT2D eigenvalue weighted by atomic mass is 32.2. The smallest absolute Gasteiger partial charge is 0.246 e. The molecule has 1 aliphatic heterocycles. The van der Waals surface area contributed by atoms with Crippen molar-refractivity contribution in [2.75, 3.05) is 18.5 Å². The molecule has 0 aliphatic carbocycles. The Labute approximate surface area is 118 Å². The lowest BCUT2D eigenvalue weighted by Crippen LogP contribution is -2.63. The number of rotatable bonds is 3. The van der Waals surface area contributed by atoms with Crippen molar-refractivity contribution in [2.24, 2.45) is 5.84 Å². The topological polar surface area (TPSA) is 105 Å². The quantitative estimate of drug-likeness (QED) is 0.533. The van der Waals surface area contributed by atoms with Gasteiger partial charge in [0.15, 0.2) is 0 Å². The first-order valence-electron chi connectivity index (χ1n) is 6.18. The van der Waals surface area contributed by atoms with Crippen LogP contribution in [0.4, 0.5) is 5.69 Å². The Bertz CT molecular complexity index is 627. The van der Waals surface area contributed by atoms with Gasteiger partial charge in [-0.2, -0.15) is 4.31 Å². The zero-order chi connectivity index (χ0) is 15.0. The Balaban J connectivity index is 2.52. The number of nitrogen functional groups attached to an aromatic ring is 1. The zero-order valence-electron chi connectivity index (χ0n) is 11.4. The summed E-state index contributed by atoms with van der Waals surface area (Å²) in [7, 11) is -3.82. The molecule has 1 heterocycles. The molecule has 0 atom stereocenters. The van der Waals surface area contributed by atoms with Gasteiger partial charge in [0.1, 0.15) is 10.4 Å². The van der Waals surface area contributed by atoms with Crippen molar-refractivity contribution in [3.63, 3.8) is 0 Å². The fourth-order valence-electron chi connectivity index (χ4n) is 2.23. The molecule has 2 rings (SSSR count). The molecule has 0 radical (unpaired) electrons. The summed E-state index contributed by atoms with van der Waals surface area (Å²) >= 11 is 0. The van der Waals surface area contributed by atoms with Crippen molar-refractivity contribution < 1.29 is 13.2 Å². The maximum atomic E-state index is 12.8. The molecule has 110 valence electrons. The number of benzene rings is 1. The first kappa shape index (κ1) is 14.8. The van der Waals surface area contributed by atoms with Crippen LogP contribution in [-0.4, -0.2) is 37.3 Å². The van der Waals surface area contributed by atoms with Gasteiger partial charge in [-0.3, -0.25) is 10.6 Å². The molecular formula is C12H18N4O3S. The highest BCUT2D eigenvalue weighted by Crippen LogP contribution is 2.30. The van der Waals surface area contributed by atoms with Gasteiger partial charge >= 0.3 is 0 Å². The molecule has 0 saturated carbocycles. The van der Waals surface area contributed by atoms with Crippen LogP contribution in [0.1, 0.15) is 13.8 Å². The predicted molar refractivity (Wildman–Crippen MR) is 75.2 cm³/mol. The highest BCUT2D eigenvalue weighted by molar-refractivity contribution is 7.89. The van der Waals surface area contributed by atoms with Crippen molar-refractivity contribution in [3.05, 3.63) is 24.3 Å². The molecule has 8 heteroatoms. The summed E-state index contributed by atoms with van der Waals surface area (Å²) in [5.41, 5.74) is 1.53. The number of anilines is 1. The third-order valence-corrected chi connectivity index (χ3v) is 5.52. The summed E-state index contributed by atoms with van der Waals surface area (Å²) in [5, 5.41) is 2.67. The van der Waals surface area contributed by atoms with E-state index in [1.165, 1.54) is 10.4 Å². The second-order valence-electron chi connectivity index (χ2n) is 5.03. The number of hydrogen-bond donors (Lipinski definition) is 3. The summed E-state index contributed by atoms with van der Waals surface area (Å²) in [6.07, 6.45) is 0. The Morgan fingerprint density at radius 2 is 2.00 bits per heavy atom. The normalized spacial score (nSPS) is 19.4. The van der Waals surface area contributed by atoms with Gasteiger partial charge in [-0.25, -0.2) is 8.42 Å². The van der Waals surface area contributed by atoms with Crippen molar-refractivity contribution in [1.29, 1.82) is 0 Å². The van der Waals surface area contributed by atoms with Crippen molar-refractivity contribution in [3.8, 4) is 0 Å². The van der Waals surface area contributed by atoms with Crippen molar-refractivity contribution in [1.82, 2.24) is 9.62 Å². The summed E-state index contributed by atoms with van der Waals surface area (Å²) < 4.78 is 26.8. The van der Waals surface area contributed by atoms with E-state index in [1.807, 2.05) is 0 Å². The average Bonchev–Trinajstić information content (AvgIpc) is 2.41. The van der Waals surface area contributed by atoms with Gasteiger partial charge in [-0.15, -0.1) is 0 Å². The molecular weight excluding hydrogens is 280 g/mol. The third kappa shape index (κ3) is 2.26. The molecule has 1 amide bonds. The van der Waals surface area contributed by atoms with E-state index in [9.17, 15) is 13.2 Å². The number of hydrogen-bond acceptors (Lipinski definition) is 5. The molecule has 4 N–H and O–H groups in total. The number of piperazine rings is 1. The van der Waals surface area contributed by atoms with E-state index in [4.69, 9.17) is 5.84 Å². The largest absolute Gasteiger partial charge is 0.353 e. The molecule has 1 aliphatic rings. The number of sulfonamides is 1. The molecule has 7 nitrogen and oxygen atoms in total. The lowest BCUT2D eigenvalue weighted by Gasteiger charge is -2.40. The van der Waals surface area contributed by atoms with E-state index in [1.54, 1.807) is 32.0 Å². The Morgan fingerprint density at radius 1 is 1.35 bits per heavy atom. The predicted octanol–water partition coefficient (Wildman–Crippen LogP) is -0.129. The monoisotopic (exact) mass is 298 g/mol. The Morgan fingerprint density at radius 3 is 2.65 bits per heavy atom. The molecule has 1 fully saturated rings. The summed E-state index contributed by atoms with van der Waals surface area (Å²) in [5.74, 6) is 5.05. The summed E-state index contributed by atoms with van der Waals surface area (Å²) in [6.45, 7) is 3.68. The lowest BCUT2D eigenvalue weighted by atomic mass is 10.0. The van der Waals surface area contributed by atoms with Gasteiger partial charge in [0.2, 0.25) is 15.9 Å². The number of amides is 1. The van der Waals surface area contributed by atoms with Crippen LogP contribution < -0.4 is 16.6 Å². The highest BCUT2D eigenvalue weighted by Gasteiger charge is 2.45. The average molecular weight is 298 g/mol. The van der Waals surface area contributed by atoms with Crippen molar-refractivity contribution in [2.45, 2.75) is 24.3 Å². The molecule has 0 aromatic heterocycles. The van der Waals surface area contributed by atoms with Gasteiger partial charge in [-0.05, 0) is 26.0 Å². The standard InChI is InChI=1S/C12H18N4O3S/c1-12(2)11(17)14-7-8-16(12)20(18,19)10-6-4-3-5-9(10)15-13/h3-6,15H,7-8,13H2,1-2H3,(H,14,17). The number of carbonyl (C=O) groups excluding carboxylic acids is 1. The summed E-state index contributed by atoms with van der Waals surface area (Å²) in [6, 6.07) is 6.34. The van der Waals surface area contributed by atoms with Gasteiger partial charge in [0, 0.05) is 13.1 Å². The number of hydrazine groups is 1. The summed E-state index contributed by atoms with van der Waals surface area (Å²) in [4.78, 5) is 12.0. The minimum absolute atomic E-state index is 0.0604. The maximum absolute atomic E-state index is 12.8.